The first-order valence-corrected chi connectivity index (χ1v) is 14.0. The molecule has 4 heterocycles. The van der Waals surface area contributed by atoms with Crippen LogP contribution in [0.4, 0.5) is 0 Å². The SMILES string of the molecule is Cc1c(C)c2c3c(C)c(C)c4c(=O)n5c(c6c(C)c(C)c(c7c(C)c(C)c8c9n(c(=O)c1c8c27)CN=9)c3c46)=NC5. The van der Waals surface area contributed by atoms with Gasteiger partial charge in [0, 0.05) is 21.5 Å². The zero-order valence-electron chi connectivity index (χ0n) is 24.0. The average Bonchev–Trinajstić information content (AvgIpc) is 2.87. The van der Waals surface area contributed by atoms with Gasteiger partial charge in [0.1, 0.15) is 24.3 Å². The van der Waals surface area contributed by atoms with E-state index in [4.69, 9.17) is 9.98 Å². The summed E-state index contributed by atoms with van der Waals surface area (Å²) in [6.07, 6.45) is 0. The predicted octanol–water partition coefficient (Wildman–Crippen LogP) is 5.45. The molecule has 196 valence electrons. The van der Waals surface area contributed by atoms with Gasteiger partial charge in [0.25, 0.3) is 11.1 Å². The fourth-order valence-electron chi connectivity index (χ4n) is 8.29. The topological polar surface area (TPSA) is 68.7 Å². The number of fused-ring (bicyclic) bond motifs is 6. The fourth-order valence-corrected chi connectivity index (χ4v) is 8.29. The Hall–Kier alpha value is -4.32. The van der Waals surface area contributed by atoms with Crippen molar-refractivity contribution < 1.29 is 0 Å². The number of aromatic nitrogens is 2. The van der Waals surface area contributed by atoms with Crippen LogP contribution in [0.15, 0.2) is 19.6 Å². The quantitative estimate of drug-likeness (QED) is 0.195. The van der Waals surface area contributed by atoms with Crippen molar-refractivity contribution in [1.29, 1.82) is 0 Å². The number of hydrogen-bond acceptors (Lipinski definition) is 4. The van der Waals surface area contributed by atoms with Gasteiger partial charge in [-0.05, 0) is 132 Å². The Morgan fingerprint density at radius 2 is 0.625 bits per heavy atom. The van der Waals surface area contributed by atoms with Gasteiger partial charge in [-0.1, -0.05) is 0 Å². The van der Waals surface area contributed by atoms with Crippen molar-refractivity contribution in [3.63, 3.8) is 0 Å². The lowest BCUT2D eigenvalue weighted by atomic mass is 9.76. The summed E-state index contributed by atoms with van der Waals surface area (Å²) in [7, 11) is 0. The van der Waals surface area contributed by atoms with Gasteiger partial charge in [0.05, 0.1) is 10.8 Å². The molecular weight excluding hydrogens is 496 g/mol. The van der Waals surface area contributed by atoms with Gasteiger partial charge < -0.3 is 0 Å². The summed E-state index contributed by atoms with van der Waals surface area (Å²) in [5.41, 5.74) is 10.9. The molecule has 0 amide bonds. The van der Waals surface area contributed by atoms with E-state index in [1.165, 1.54) is 54.6 Å². The van der Waals surface area contributed by atoms with E-state index < -0.39 is 0 Å². The number of hydrogen-bond donors (Lipinski definition) is 0. The Morgan fingerprint density at radius 3 is 0.900 bits per heavy atom. The zero-order valence-corrected chi connectivity index (χ0v) is 24.0. The third kappa shape index (κ3) is 2.01. The molecule has 0 radical (unpaired) electrons. The van der Waals surface area contributed by atoms with Gasteiger partial charge in [-0.3, -0.25) is 18.7 Å². The largest absolute Gasteiger partial charge is 0.272 e. The molecule has 6 nitrogen and oxygen atoms in total. The maximum Gasteiger partial charge on any atom is 0.261 e. The summed E-state index contributed by atoms with van der Waals surface area (Å²) in [5.74, 6) is 0. The highest BCUT2D eigenvalue weighted by molar-refractivity contribution is 6.42. The summed E-state index contributed by atoms with van der Waals surface area (Å²) in [4.78, 5) is 37.2. The van der Waals surface area contributed by atoms with Crippen LogP contribution in [-0.2, 0) is 13.3 Å². The molecular formula is C34H28N4O2. The molecule has 0 fully saturated rings. The van der Waals surface area contributed by atoms with Crippen LogP contribution in [0.25, 0.3) is 64.6 Å². The first-order valence-electron chi connectivity index (χ1n) is 14.0. The Kier molecular flexibility index (Phi) is 3.67. The highest BCUT2D eigenvalue weighted by Crippen LogP contribution is 2.51. The lowest BCUT2D eigenvalue weighted by Crippen LogP contribution is -2.41. The number of benzene rings is 5. The van der Waals surface area contributed by atoms with Crippen molar-refractivity contribution >= 4 is 64.6 Å². The van der Waals surface area contributed by atoms with Gasteiger partial charge >= 0.3 is 0 Å². The van der Waals surface area contributed by atoms with Crippen molar-refractivity contribution in [1.82, 2.24) is 9.13 Å². The smallest absolute Gasteiger partial charge is 0.261 e. The van der Waals surface area contributed by atoms with E-state index in [-0.39, 0.29) is 11.1 Å². The summed E-state index contributed by atoms with van der Waals surface area (Å²) >= 11 is 0. The highest BCUT2D eigenvalue weighted by atomic mass is 16.1. The molecule has 40 heavy (non-hydrogen) atoms. The second-order valence-corrected chi connectivity index (χ2v) is 12.2. The Labute approximate surface area is 228 Å². The summed E-state index contributed by atoms with van der Waals surface area (Å²) in [6.45, 7) is 18.2. The van der Waals surface area contributed by atoms with E-state index in [9.17, 15) is 9.59 Å². The van der Waals surface area contributed by atoms with Crippen LogP contribution in [0.5, 0.6) is 0 Å². The molecule has 0 aliphatic carbocycles. The molecule has 5 aromatic carbocycles. The van der Waals surface area contributed by atoms with Crippen molar-refractivity contribution in [2.75, 3.05) is 0 Å². The van der Waals surface area contributed by atoms with Gasteiger partial charge in [-0.25, -0.2) is 9.98 Å². The highest BCUT2D eigenvalue weighted by Gasteiger charge is 2.31. The molecule has 2 aliphatic rings. The second kappa shape index (κ2) is 6.52. The number of aryl methyl sites for hydroxylation is 8. The molecule has 0 saturated heterocycles. The van der Waals surface area contributed by atoms with Gasteiger partial charge in [-0.2, -0.15) is 0 Å². The third-order valence-electron chi connectivity index (χ3n) is 10.9. The minimum absolute atomic E-state index is 0.0596. The molecule has 2 aliphatic heterocycles. The number of rotatable bonds is 0. The van der Waals surface area contributed by atoms with Crippen LogP contribution in [0.2, 0.25) is 0 Å². The minimum atomic E-state index is 0.0596. The van der Waals surface area contributed by atoms with Crippen molar-refractivity contribution in [2.24, 2.45) is 9.98 Å². The number of pyridine rings is 2. The maximum absolute atomic E-state index is 13.9. The standard InChI is InChI=1S/C34H28N4O2/c1-11-15(5)23-29-25(33(39)37-9-35-31(23)37)17(7)13(3)21-22-14(4)18(8)26-30-24(32-36-10-38(32)34(26)40)16(6)12(2)20(28(22)30)19(11)27(21)29/h9-10H2,1-8H3. The van der Waals surface area contributed by atoms with Crippen molar-refractivity contribution in [3.05, 3.63) is 76.2 Å². The van der Waals surface area contributed by atoms with Crippen LogP contribution in [0.3, 0.4) is 0 Å². The molecule has 9 rings (SSSR count). The van der Waals surface area contributed by atoms with Crippen molar-refractivity contribution in [3.8, 4) is 0 Å². The molecule has 0 unspecified atom stereocenters. The van der Waals surface area contributed by atoms with E-state index in [0.29, 0.717) is 13.3 Å². The Balaban J connectivity index is 1.81. The molecule has 0 spiro atoms. The average molecular weight is 525 g/mol. The maximum atomic E-state index is 13.9. The lowest BCUT2D eigenvalue weighted by molar-refractivity contribution is 0.569. The third-order valence-corrected chi connectivity index (χ3v) is 10.9. The zero-order chi connectivity index (χ0) is 27.8. The fraction of sp³-hybridized carbons (Fsp3) is 0.294. The Morgan fingerprint density at radius 1 is 0.375 bits per heavy atom. The lowest BCUT2D eigenvalue weighted by Gasteiger charge is -2.29. The number of nitrogens with zero attached hydrogens (tertiary/aromatic N) is 4. The monoisotopic (exact) mass is 524 g/mol. The van der Waals surface area contributed by atoms with E-state index in [1.54, 1.807) is 0 Å². The molecule has 0 bridgehead atoms. The molecule has 0 saturated carbocycles. The van der Waals surface area contributed by atoms with Crippen LogP contribution >= 0.6 is 0 Å². The first kappa shape index (κ1) is 22.5. The molecule has 6 heteroatoms. The van der Waals surface area contributed by atoms with Crippen LogP contribution < -0.4 is 22.1 Å². The van der Waals surface area contributed by atoms with Gasteiger partial charge in [-0.15, -0.1) is 0 Å². The Bertz CT molecular complexity index is 2500. The summed E-state index contributed by atoms with van der Waals surface area (Å²) in [6, 6.07) is 0. The van der Waals surface area contributed by atoms with Crippen molar-refractivity contribution in [2.45, 2.75) is 68.7 Å². The van der Waals surface area contributed by atoms with Crippen LogP contribution in [-0.4, -0.2) is 9.13 Å². The molecule has 0 atom stereocenters. The van der Waals surface area contributed by atoms with E-state index in [2.05, 4.69) is 55.4 Å². The molecule has 0 N–H and O–H groups in total. The predicted molar refractivity (Wildman–Crippen MR) is 163 cm³/mol. The molecule has 2 aromatic heterocycles. The van der Waals surface area contributed by atoms with E-state index in [1.807, 2.05) is 9.13 Å². The van der Waals surface area contributed by atoms with Crippen LogP contribution in [0, 0.1) is 55.4 Å². The van der Waals surface area contributed by atoms with E-state index >= 15 is 0 Å². The van der Waals surface area contributed by atoms with E-state index in [0.717, 1.165) is 65.5 Å². The van der Waals surface area contributed by atoms with Crippen LogP contribution in [0.1, 0.15) is 44.5 Å². The minimum Gasteiger partial charge on any atom is -0.272 e. The normalized spacial score (nSPS) is 14.4. The van der Waals surface area contributed by atoms with Gasteiger partial charge in [0.15, 0.2) is 0 Å². The second-order valence-electron chi connectivity index (χ2n) is 12.2. The summed E-state index contributed by atoms with van der Waals surface area (Å²) in [5, 5.41) is 13.1. The van der Waals surface area contributed by atoms with Gasteiger partial charge in [0.2, 0.25) is 0 Å². The molecule has 7 aromatic rings. The summed E-state index contributed by atoms with van der Waals surface area (Å²) < 4.78 is 3.67. The first-order chi connectivity index (χ1) is 19.1.